The van der Waals surface area contributed by atoms with Crippen LogP contribution in [0.25, 0.3) is 0 Å². The van der Waals surface area contributed by atoms with Crippen molar-refractivity contribution in [1.82, 2.24) is 0 Å². The molecule has 0 aromatic carbocycles. The molecular weight excluding hydrogens is 128 g/mol. The van der Waals surface area contributed by atoms with Crippen LogP contribution in [-0.2, 0) is 9.47 Å². The Morgan fingerprint density at radius 3 is 3.00 bits per heavy atom. The van der Waals surface area contributed by atoms with E-state index < -0.39 is 0 Å². The molecule has 1 atom stereocenters. The maximum atomic E-state index is 5.28. The fraction of sp³-hybridized carbons (Fsp3) is 0.625. The summed E-state index contributed by atoms with van der Waals surface area (Å²) in [4.78, 5) is 0. The summed E-state index contributed by atoms with van der Waals surface area (Å²) in [7, 11) is 0. The molecule has 0 amide bonds. The molecule has 0 spiro atoms. The van der Waals surface area contributed by atoms with Gasteiger partial charge >= 0.3 is 0 Å². The lowest BCUT2D eigenvalue weighted by Crippen LogP contribution is -2.20. The van der Waals surface area contributed by atoms with Gasteiger partial charge in [-0.05, 0) is 19.3 Å². The van der Waals surface area contributed by atoms with E-state index in [1.807, 2.05) is 0 Å². The molecule has 1 aliphatic rings. The predicted molar refractivity (Wildman–Crippen MR) is 39.2 cm³/mol. The monoisotopic (exact) mass is 141 g/mol. The van der Waals surface area contributed by atoms with E-state index >= 15 is 0 Å². The molecule has 1 saturated heterocycles. The van der Waals surface area contributed by atoms with Crippen molar-refractivity contribution < 1.29 is 9.47 Å². The van der Waals surface area contributed by atoms with Crippen LogP contribution in [0.2, 0.25) is 0 Å². The van der Waals surface area contributed by atoms with Gasteiger partial charge in [-0.2, -0.15) is 0 Å². The Labute approximate surface area is 61.8 Å². The van der Waals surface area contributed by atoms with Gasteiger partial charge in [-0.1, -0.05) is 6.08 Å². The molecule has 0 saturated carbocycles. The number of hydrogen-bond donors (Lipinski definition) is 0. The standard InChI is InChI=1S/C8H13O2/c1-2-6-9-8-5-3-4-7-10-8/h2,6,8H,1,3-5,7H2. The van der Waals surface area contributed by atoms with Gasteiger partial charge in [0, 0.05) is 6.61 Å². The van der Waals surface area contributed by atoms with Gasteiger partial charge in [-0.3, -0.25) is 0 Å². The van der Waals surface area contributed by atoms with E-state index in [2.05, 4.69) is 6.58 Å². The number of rotatable bonds is 3. The zero-order valence-corrected chi connectivity index (χ0v) is 6.08. The van der Waals surface area contributed by atoms with Crippen LogP contribution < -0.4 is 0 Å². The third kappa shape index (κ3) is 2.50. The molecule has 0 N–H and O–H groups in total. The molecule has 1 unspecified atom stereocenters. The Morgan fingerprint density at radius 2 is 2.40 bits per heavy atom. The van der Waals surface area contributed by atoms with Crippen molar-refractivity contribution in [3.63, 3.8) is 0 Å². The minimum absolute atomic E-state index is 0.0215. The van der Waals surface area contributed by atoms with Crippen molar-refractivity contribution in [2.75, 3.05) is 6.61 Å². The van der Waals surface area contributed by atoms with Crippen LogP contribution in [0, 0.1) is 6.61 Å². The van der Waals surface area contributed by atoms with Crippen LogP contribution in [0.4, 0.5) is 0 Å². The molecule has 10 heavy (non-hydrogen) atoms. The average molecular weight is 141 g/mol. The normalized spacial score (nSPS) is 26.2. The van der Waals surface area contributed by atoms with Crippen molar-refractivity contribution in [2.24, 2.45) is 0 Å². The SMILES string of the molecule is C=C[CH]OC1CCCCO1. The van der Waals surface area contributed by atoms with E-state index in [0.717, 1.165) is 19.4 Å². The largest absolute Gasteiger partial charge is 0.353 e. The zero-order valence-electron chi connectivity index (χ0n) is 6.08. The van der Waals surface area contributed by atoms with Crippen LogP contribution in [-0.4, -0.2) is 12.9 Å². The van der Waals surface area contributed by atoms with E-state index in [0.29, 0.717) is 0 Å². The molecule has 2 nitrogen and oxygen atoms in total. The minimum Gasteiger partial charge on any atom is -0.353 e. The Balaban J connectivity index is 2.07. The van der Waals surface area contributed by atoms with Gasteiger partial charge in [0.2, 0.25) is 0 Å². The Kier molecular flexibility index (Phi) is 3.47. The molecule has 1 radical (unpaired) electrons. The van der Waals surface area contributed by atoms with Crippen LogP contribution in [0.5, 0.6) is 0 Å². The highest BCUT2D eigenvalue weighted by Gasteiger charge is 2.12. The van der Waals surface area contributed by atoms with Crippen LogP contribution in [0.1, 0.15) is 19.3 Å². The van der Waals surface area contributed by atoms with E-state index in [-0.39, 0.29) is 6.29 Å². The van der Waals surface area contributed by atoms with Gasteiger partial charge in [0.05, 0.1) is 0 Å². The highest BCUT2D eigenvalue weighted by atomic mass is 16.7. The summed E-state index contributed by atoms with van der Waals surface area (Å²) in [6.07, 6.45) is 4.97. The minimum atomic E-state index is -0.0215. The fourth-order valence-electron chi connectivity index (χ4n) is 0.962. The highest BCUT2D eigenvalue weighted by molar-refractivity contribution is 4.77. The molecule has 2 heteroatoms. The first kappa shape index (κ1) is 7.76. The quantitative estimate of drug-likeness (QED) is 0.597. The predicted octanol–water partition coefficient (Wildman–Crippen LogP) is 1.88. The van der Waals surface area contributed by atoms with Crippen molar-refractivity contribution in [1.29, 1.82) is 0 Å². The van der Waals surface area contributed by atoms with E-state index in [9.17, 15) is 0 Å². The maximum absolute atomic E-state index is 5.28. The molecule has 1 aliphatic heterocycles. The smallest absolute Gasteiger partial charge is 0.158 e. The van der Waals surface area contributed by atoms with Crippen LogP contribution in [0.3, 0.4) is 0 Å². The second-order valence-electron chi connectivity index (χ2n) is 2.30. The lowest BCUT2D eigenvalue weighted by Gasteiger charge is -2.21. The van der Waals surface area contributed by atoms with Gasteiger partial charge in [0.1, 0.15) is 6.61 Å². The van der Waals surface area contributed by atoms with E-state index in [1.165, 1.54) is 6.42 Å². The first-order valence-corrected chi connectivity index (χ1v) is 3.65. The maximum Gasteiger partial charge on any atom is 0.158 e. The molecule has 57 valence electrons. The van der Waals surface area contributed by atoms with Crippen molar-refractivity contribution >= 4 is 0 Å². The average Bonchev–Trinajstić information content (AvgIpc) is 2.03. The van der Waals surface area contributed by atoms with E-state index in [4.69, 9.17) is 9.47 Å². The van der Waals surface area contributed by atoms with Gasteiger partial charge in [0.15, 0.2) is 6.29 Å². The lowest BCUT2D eigenvalue weighted by atomic mass is 10.2. The highest BCUT2D eigenvalue weighted by Crippen LogP contribution is 2.13. The van der Waals surface area contributed by atoms with E-state index in [1.54, 1.807) is 12.7 Å². The molecule has 1 rings (SSSR count). The Morgan fingerprint density at radius 1 is 1.50 bits per heavy atom. The molecule has 0 aliphatic carbocycles. The summed E-state index contributed by atoms with van der Waals surface area (Å²) in [5, 5.41) is 0. The Bertz CT molecular complexity index is 95.4. The van der Waals surface area contributed by atoms with Gasteiger partial charge in [-0.25, -0.2) is 0 Å². The van der Waals surface area contributed by atoms with Gasteiger partial charge in [0.25, 0.3) is 0 Å². The van der Waals surface area contributed by atoms with Crippen molar-refractivity contribution in [3.8, 4) is 0 Å². The summed E-state index contributed by atoms with van der Waals surface area (Å²) in [6.45, 7) is 5.92. The van der Waals surface area contributed by atoms with Crippen LogP contribution >= 0.6 is 0 Å². The second kappa shape index (κ2) is 4.47. The lowest BCUT2D eigenvalue weighted by molar-refractivity contribution is -0.139. The summed E-state index contributed by atoms with van der Waals surface area (Å²) in [5.74, 6) is 0. The van der Waals surface area contributed by atoms with Crippen molar-refractivity contribution in [3.05, 3.63) is 19.3 Å². The molecule has 0 aromatic heterocycles. The third-order valence-electron chi connectivity index (χ3n) is 1.46. The fourth-order valence-corrected chi connectivity index (χ4v) is 0.962. The molecule has 1 fully saturated rings. The number of hydrogen-bond acceptors (Lipinski definition) is 2. The molecule has 1 heterocycles. The Hall–Kier alpha value is -0.340. The molecular formula is C8H13O2. The van der Waals surface area contributed by atoms with Gasteiger partial charge < -0.3 is 9.47 Å². The first-order valence-electron chi connectivity index (χ1n) is 3.65. The summed E-state index contributed by atoms with van der Waals surface area (Å²) < 4.78 is 10.4. The topological polar surface area (TPSA) is 18.5 Å². The number of ether oxygens (including phenoxy) is 2. The second-order valence-corrected chi connectivity index (χ2v) is 2.30. The summed E-state index contributed by atoms with van der Waals surface area (Å²) in [5.41, 5.74) is 0. The first-order chi connectivity index (χ1) is 4.93. The molecule has 0 bridgehead atoms. The third-order valence-corrected chi connectivity index (χ3v) is 1.46. The zero-order chi connectivity index (χ0) is 7.23. The van der Waals surface area contributed by atoms with Gasteiger partial charge in [-0.15, -0.1) is 6.58 Å². The summed E-state index contributed by atoms with van der Waals surface area (Å²) >= 11 is 0. The molecule has 0 aromatic rings. The summed E-state index contributed by atoms with van der Waals surface area (Å²) in [6, 6.07) is 0. The van der Waals surface area contributed by atoms with Crippen molar-refractivity contribution in [2.45, 2.75) is 25.6 Å². The van der Waals surface area contributed by atoms with Crippen LogP contribution in [0.15, 0.2) is 12.7 Å².